The molecular formula is C13H14N4O3S. The predicted molar refractivity (Wildman–Crippen MR) is 80.5 cm³/mol. The quantitative estimate of drug-likeness (QED) is 0.502. The Kier molecular flexibility index (Phi) is 4.59. The molecule has 2 N–H and O–H groups in total. The SMILES string of the molecule is Cc1n[nH]c(C)c1NC(=O)CSc1ccc([N+](=O)[O-])cc1. The number of hydrogen-bond acceptors (Lipinski definition) is 5. The highest BCUT2D eigenvalue weighted by Crippen LogP contribution is 2.22. The first-order valence-electron chi connectivity index (χ1n) is 6.16. The maximum Gasteiger partial charge on any atom is 0.269 e. The lowest BCUT2D eigenvalue weighted by atomic mass is 10.3. The summed E-state index contributed by atoms with van der Waals surface area (Å²) in [5.74, 6) is 0.0768. The van der Waals surface area contributed by atoms with Crippen LogP contribution in [0.15, 0.2) is 29.2 Å². The minimum Gasteiger partial charge on any atom is -0.322 e. The van der Waals surface area contributed by atoms with Crippen molar-refractivity contribution in [2.24, 2.45) is 0 Å². The van der Waals surface area contributed by atoms with Crippen LogP contribution in [0.4, 0.5) is 11.4 Å². The summed E-state index contributed by atoms with van der Waals surface area (Å²) in [5.41, 5.74) is 2.28. The second-order valence-corrected chi connectivity index (χ2v) is 5.45. The van der Waals surface area contributed by atoms with Gasteiger partial charge in [0.25, 0.3) is 5.69 Å². The third-order valence-electron chi connectivity index (χ3n) is 2.81. The minimum absolute atomic E-state index is 0.0356. The van der Waals surface area contributed by atoms with Gasteiger partial charge in [-0.15, -0.1) is 11.8 Å². The van der Waals surface area contributed by atoms with Gasteiger partial charge in [0.1, 0.15) is 0 Å². The van der Waals surface area contributed by atoms with Gasteiger partial charge in [-0.2, -0.15) is 5.10 Å². The highest BCUT2D eigenvalue weighted by atomic mass is 32.2. The van der Waals surface area contributed by atoms with E-state index < -0.39 is 4.92 Å². The average molecular weight is 306 g/mol. The van der Waals surface area contributed by atoms with E-state index in [4.69, 9.17) is 0 Å². The Morgan fingerprint density at radius 3 is 2.57 bits per heavy atom. The zero-order valence-electron chi connectivity index (χ0n) is 11.5. The number of anilines is 1. The molecule has 1 aromatic carbocycles. The van der Waals surface area contributed by atoms with Gasteiger partial charge >= 0.3 is 0 Å². The van der Waals surface area contributed by atoms with E-state index >= 15 is 0 Å². The van der Waals surface area contributed by atoms with Crippen LogP contribution in [0.5, 0.6) is 0 Å². The molecule has 1 heterocycles. The number of nitro groups is 1. The van der Waals surface area contributed by atoms with Gasteiger partial charge in [0, 0.05) is 17.0 Å². The van der Waals surface area contributed by atoms with Crippen molar-refractivity contribution < 1.29 is 9.72 Å². The number of benzene rings is 1. The van der Waals surface area contributed by atoms with E-state index in [1.807, 2.05) is 13.8 Å². The summed E-state index contributed by atoms with van der Waals surface area (Å²) in [5, 5.41) is 20.1. The maximum atomic E-state index is 11.9. The van der Waals surface area contributed by atoms with Crippen molar-refractivity contribution in [1.29, 1.82) is 0 Å². The summed E-state index contributed by atoms with van der Waals surface area (Å²) >= 11 is 1.32. The Hall–Kier alpha value is -2.35. The van der Waals surface area contributed by atoms with E-state index in [1.54, 1.807) is 12.1 Å². The third kappa shape index (κ3) is 3.82. The highest BCUT2D eigenvalue weighted by Gasteiger charge is 2.11. The number of H-pyrrole nitrogens is 1. The molecule has 0 spiro atoms. The van der Waals surface area contributed by atoms with Crippen LogP contribution in [-0.2, 0) is 4.79 Å². The first-order valence-corrected chi connectivity index (χ1v) is 7.14. The van der Waals surface area contributed by atoms with Crippen LogP contribution in [0.1, 0.15) is 11.4 Å². The summed E-state index contributed by atoms with van der Waals surface area (Å²) < 4.78 is 0. The molecule has 0 fully saturated rings. The van der Waals surface area contributed by atoms with Crippen LogP contribution in [0, 0.1) is 24.0 Å². The third-order valence-corrected chi connectivity index (χ3v) is 3.82. The molecule has 0 unspecified atom stereocenters. The largest absolute Gasteiger partial charge is 0.322 e. The summed E-state index contributed by atoms with van der Waals surface area (Å²) in [6.07, 6.45) is 0. The number of rotatable bonds is 5. The number of nitro benzene ring substituents is 1. The summed E-state index contributed by atoms with van der Waals surface area (Å²) in [6.45, 7) is 3.64. The zero-order chi connectivity index (χ0) is 15.4. The van der Waals surface area contributed by atoms with Crippen LogP contribution in [0.25, 0.3) is 0 Å². The van der Waals surface area contributed by atoms with Crippen LogP contribution in [0.2, 0.25) is 0 Å². The fourth-order valence-corrected chi connectivity index (χ4v) is 2.42. The molecule has 2 rings (SSSR count). The Labute approximate surface area is 125 Å². The van der Waals surface area contributed by atoms with Gasteiger partial charge in [-0.05, 0) is 26.0 Å². The Morgan fingerprint density at radius 1 is 1.38 bits per heavy atom. The number of non-ortho nitro benzene ring substituents is 1. The molecule has 8 heteroatoms. The molecule has 1 aromatic heterocycles. The van der Waals surface area contributed by atoms with Gasteiger partial charge < -0.3 is 5.32 Å². The molecule has 0 saturated heterocycles. The number of amides is 1. The van der Waals surface area contributed by atoms with E-state index in [-0.39, 0.29) is 17.3 Å². The molecule has 0 bridgehead atoms. The van der Waals surface area contributed by atoms with Crippen LogP contribution < -0.4 is 5.32 Å². The number of aromatic nitrogens is 2. The molecule has 0 aliphatic heterocycles. The van der Waals surface area contributed by atoms with Crippen LogP contribution in [-0.4, -0.2) is 26.8 Å². The van der Waals surface area contributed by atoms with Gasteiger partial charge in [-0.1, -0.05) is 0 Å². The van der Waals surface area contributed by atoms with E-state index in [2.05, 4.69) is 15.5 Å². The first-order chi connectivity index (χ1) is 9.97. The van der Waals surface area contributed by atoms with Crippen molar-refractivity contribution in [3.63, 3.8) is 0 Å². The van der Waals surface area contributed by atoms with Crippen LogP contribution >= 0.6 is 11.8 Å². The topological polar surface area (TPSA) is 101 Å². The van der Waals surface area contributed by atoms with Crippen molar-refractivity contribution in [1.82, 2.24) is 10.2 Å². The fraction of sp³-hybridized carbons (Fsp3) is 0.231. The monoisotopic (exact) mass is 306 g/mol. The number of carbonyl (C=O) groups is 1. The number of hydrogen-bond donors (Lipinski definition) is 2. The number of carbonyl (C=O) groups excluding carboxylic acids is 1. The second kappa shape index (κ2) is 6.40. The van der Waals surface area contributed by atoms with Gasteiger partial charge in [-0.3, -0.25) is 20.0 Å². The van der Waals surface area contributed by atoms with E-state index in [9.17, 15) is 14.9 Å². The molecule has 0 aliphatic carbocycles. The minimum atomic E-state index is -0.453. The average Bonchev–Trinajstić information content (AvgIpc) is 2.77. The Bertz CT molecular complexity index is 647. The highest BCUT2D eigenvalue weighted by molar-refractivity contribution is 8.00. The Morgan fingerprint density at radius 2 is 2.05 bits per heavy atom. The zero-order valence-corrected chi connectivity index (χ0v) is 12.4. The number of aromatic amines is 1. The van der Waals surface area contributed by atoms with Crippen molar-refractivity contribution in [3.8, 4) is 0 Å². The van der Waals surface area contributed by atoms with E-state index in [1.165, 1.54) is 23.9 Å². The maximum absolute atomic E-state index is 11.9. The van der Waals surface area contributed by atoms with Crippen LogP contribution in [0.3, 0.4) is 0 Å². The lowest BCUT2D eigenvalue weighted by Gasteiger charge is -2.05. The summed E-state index contributed by atoms with van der Waals surface area (Å²) in [7, 11) is 0. The normalized spacial score (nSPS) is 10.4. The molecule has 0 saturated carbocycles. The number of aryl methyl sites for hydroxylation is 2. The Balaban J connectivity index is 1.91. The lowest BCUT2D eigenvalue weighted by Crippen LogP contribution is -2.15. The standard InChI is InChI=1S/C13H14N4O3S/c1-8-13(9(2)16-15-8)14-12(18)7-21-11-5-3-10(4-6-11)17(19)20/h3-6H,7H2,1-2H3,(H,14,18)(H,15,16). The molecule has 0 radical (unpaired) electrons. The number of thioether (sulfide) groups is 1. The molecule has 0 atom stereocenters. The smallest absolute Gasteiger partial charge is 0.269 e. The van der Waals surface area contributed by atoms with E-state index in [0.29, 0.717) is 5.69 Å². The first kappa shape index (κ1) is 15.0. The number of nitrogens with one attached hydrogen (secondary N) is 2. The fourth-order valence-electron chi connectivity index (χ4n) is 1.72. The van der Waals surface area contributed by atoms with Gasteiger partial charge in [0.15, 0.2) is 0 Å². The summed E-state index contributed by atoms with van der Waals surface area (Å²) in [6, 6.07) is 6.10. The molecule has 1 amide bonds. The molecular weight excluding hydrogens is 292 g/mol. The second-order valence-electron chi connectivity index (χ2n) is 4.40. The van der Waals surface area contributed by atoms with Gasteiger partial charge in [0.2, 0.25) is 5.91 Å². The van der Waals surface area contributed by atoms with Crippen molar-refractivity contribution in [3.05, 3.63) is 45.8 Å². The van der Waals surface area contributed by atoms with E-state index in [0.717, 1.165) is 16.3 Å². The van der Waals surface area contributed by atoms with Crippen molar-refractivity contribution in [2.45, 2.75) is 18.7 Å². The molecule has 21 heavy (non-hydrogen) atoms. The van der Waals surface area contributed by atoms with Crippen molar-refractivity contribution >= 4 is 29.0 Å². The molecule has 7 nitrogen and oxygen atoms in total. The predicted octanol–water partition coefficient (Wildman–Crippen LogP) is 2.67. The number of nitrogens with zero attached hydrogens (tertiary/aromatic N) is 2. The summed E-state index contributed by atoms with van der Waals surface area (Å²) in [4.78, 5) is 22.8. The van der Waals surface area contributed by atoms with Gasteiger partial charge in [0.05, 0.1) is 27.8 Å². The van der Waals surface area contributed by atoms with Gasteiger partial charge in [-0.25, -0.2) is 0 Å². The lowest BCUT2D eigenvalue weighted by molar-refractivity contribution is -0.384. The van der Waals surface area contributed by atoms with Crippen molar-refractivity contribution in [2.75, 3.05) is 11.1 Å². The molecule has 2 aromatic rings. The molecule has 110 valence electrons. The molecule has 0 aliphatic rings.